The van der Waals surface area contributed by atoms with Crippen molar-refractivity contribution in [2.75, 3.05) is 26.9 Å². The molecule has 0 radical (unpaired) electrons. The Hall–Kier alpha value is -2.61. The molecule has 0 fully saturated rings. The highest BCUT2D eigenvalue weighted by atomic mass is 16.5. The molecular formula is C19H28N6O2. The first-order valence-electron chi connectivity index (χ1n) is 9.29. The molecule has 0 saturated carbocycles. The lowest BCUT2D eigenvalue weighted by atomic mass is 10.0. The van der Waals surface area contributed by atoms with Crippen LogP contribution in [0.1, 0.15) is 36.1 Å². The van der Waals surface area contributed by atoms with Gasteiger partial charge in [0, 0.05) is 39.3 Å². The number of rotatable bonds is 7. The number of ether oxygens (including phenoxy) is 2. The lowest BCUT2D eigenvalue weighted by Gasteiger charge is -2.28. The molecule has 8 nitrogen and oxygen atoms in total. The van der Waals surface area contributed by atoms with Crippen molar-refractivity contribution in [1.82, 2.24) is 25.4 Å². The molecule has 27 heavy (non-hydrogen) atoms. The maximum Gasteiger partial charge on any atom is 0.192 e. The first-order valence-corrected chi connectivity index (χ1v) is 9.29. The molecule has 1 aliphatic rings. The van der Waals surface area contributed by atoms with Crippen LogP contribution in [-0.2, 0) is 18.3 Å². The van der Waals surface area contributed by atoms with Gasteiger partial charge >= 0.3 is 0 Å². The molecule has 2 N–H and O–H groups in total. The fourth-order valence-corrected chi connectivity index (χ4v) is 2.97. The minimum absolute atomic E-state index is 0.157. The van der Waals surface area contributed by atoms with E-state index in [2.05, 4.69) is 26.9 Å². The van der Waals surface area contributed by atoms with Crippen molar-refractivity contribution in [3.63, 3.8) is 0 Å². The van der Waals surface area contributed by atoms with E-state index in [1.807, 2.05) is 36.7 Å². The van der Waals surface area contributed by atoms with Crippen LogP contribution in [0.5, 0.6) is 5.75 Å². The number of aromatic nitrogens is 3. The molecule has 1 aromatic carbocycles. The van der Waals surface area contributed by atoms with E-state index in [1.165, 1.54) is 0 Å². The van der Waals surface area contributed by atoms with Gasteiger partial charge in [-0.05, 0) is 19.4 Å². The van der Waals surface area contributed by atoms with E-state index < -0.39 is 0 Å². The van der Waals surface area contributed by atoms with E-state index in [0.29, 0.717) is 19.8 Å². The molecule has 3 rings (SSSR count). The normalized spacial score (nSPS) is 16.6. The minimum atomic E-state index is 0.157. The average Bonchev–Trinajstić information content (AvgIpc) is 3.01. The van der Waals surface area contributed by atoms with Gasteiger partial charge in [0.2, 0.25) is 0 Å². The van der Waals surface area contributed by atoms with Crippen molar-refractivity contribution >= 4 is 5.96 Å². The maximum absolute atomic E-state index is 5.76. The van der Waals surface area contributed by atoms with E-state index >= 15 is 0 Å². The molecule has 0 spiro atoms. The van der Waals surface area contributed by atoms with Crippen molar-refractivity contribution in [2.45, 2.75) is 32.4 Å². The zero-order valence-electron chi connectivity index (χ0n) is 16.2. The topological polar surface area (TPSA) is 85.6 Å². The molecular weight excluding hydrogens is 344 g/mol. The Balaban J connectivity index is 1.71. The highest BCUT2D eigenvalue weighted by Gasteiger charge is 2.22. The molecule has 1 unspecified atom stereocenters. The summed E-state index contributed by atoms with van der Waals surface area (Å²) in [5.41, 5.74) is 1.16. The zero-order valence-corrected chi connectivity index (χ0v) is 16.2. The lowest BCUT2D eigenvalue weighted by Crippen LogP contribution is -2.41. The van der Waals surface area contributed by atoms with Crippen LogP contribution >= 0.6 is 0 Å². The van der Waals surface area contributed by atoms with E-state index in [-0.39, 0.29) is 6.04 Å². The number of hydrogen-bond donors (Lipinski definition) is 2. The molecule has 0 aliphatic carbocycles. The zero-order chi connectivity index (χ0) is 19.1. The summed E-state index contributed by atoms with van der Waals surface area (Å²) < 4.78 is 12.8. The summed E-state index contributed by atoms with van der Waals surface area (Å²) in [6.45, 7) is 4.57. The lowest BCUT2D eigenvalue weighted by molar-refractivity contribution is 0.195. The van der Waals surface area contributed by atoms with Crippen molar-refractivity contribution in [2.24, 2.45) is 12.0 Å². The van der Waals surface area contributed by atoms with Gasteiger partial charge in [0.1, 0.15) is 18.1 Å². The number of guanidine groups is 1. The van der Waals surface area contributed by atoms with Crippen molar-refractivity contribution in [3.8, 4) is 5.75 Å². The quantitative estimate of drug-likeness (QED) is 0.437. The summed E-state index contributed by atoms with van der Waals surface area (Å²) in [7, 11) is 3.66. The molecule has 2 heterocycles. The van der Waals surface area contributed by atoms with Gasteiger partial charge in [-0.2, -0.15) is 0 Å². The Morgan fingerprint density at radius 2 is 2.22 bits per heavy atom. The summed E-state index contributed by atoms with van der Waals surface area (Å²) in [6, 6.07) is 8.29. The molecule has 1 aromatic heterocycles. The van der Waals surface area contributed by atoms with Crippen LogP contribution in [0.2, 0.25) is 0 Å². The van der Waals surface area contributed by atoms with Gasteiger partial charge in [-0.3, -0.25) is 0 Å². The number of hydrogen-bond acceptors (Lipinski definition) is 5. The standard InChI is InChI=1S/C19H28N6O2/c1-14-23-24-18(25(14)2)13-21-19(20-10-6-11-26-3)22-16-9-12-27-17-8-5-4-7-15(16)17/h4-5,7-8,16H,6,9-13H2,1-3H3,(H2,20,21,22). The monoisotopic (exact) mass is 372 g/mol. The first kappa shape index (κ1) is 19.2. The molecule has 1 aliphatic heterocycles. The Bertz CT molecular complexity index is 773. The number of nitrogens with zero attached hydrogens (tertiary/aromatic N) is 4. The van der Waals surface area contributed by atoms with Crippen LogP contribution in [0.3, 0.4) is 0 Å². The minimum Gasteiger partial charge on any atom is -0.493 e. The van der Waals surface area contributed by atoms with Crippen molar-refractivity contribution in [3.05, 3.63) is 41.5 Å². The molecule has 146 valence electrons. The predicted octanol–water partition coefficient (Wildman–Crippen LogP) is 1.72. The predicted molar refractivity (Wildman–Crippen MR) is 104 cm³/mol. The number of benzene rings is 1. The third-order valence-electron chi connectivity index (χ3n) is 4.65. The SMILES string of the molecule is COCCCNC(=NCc1nnc(C)n1C)NC1CCOc2ccccc21. The molecule has 0 saturated heterocycles. The van der Waals surface area contributed by atoms with E-state index in [1.54, 1.807) is 7.11 Å². The highest BCUT2D eigenvalue weighted by Crippen LogP contribution is 2.31. The second kappa shape index (κ2) is 9.36. The summed E-state index contributed by atoms with van der Waals surface area (Å²) in [6.07, 6.45) is 1.80. The van der Waals surface area contributed by atoms with E-state index in [4.69, 9.17) is 14.5 Å². The van der Waals surface area contributed by atoms with Crippen LogP contribution in [-0.4, -0.2) is 47.6 Å². The fraction of sp³-hybridized carbons (Fsp3) is 0.526. The Morgan fingerprint density at radius 1 is 1.37 bits per heavy atom. The second-order valence-electron chi connectivity index (χ2n) is 6.53. The van der Waals surface area contributed by atoms with Crippen molar-refractivity contribution in [1.29, 1.82) is 0 Å². The third kappa shape index (κ3) is 4.97. The molecule has 8 heteroatoms. The molecule has 0 bridgehead atoms. The van der Waals surface area contributed by atoms with Gasteiger partial charge in [-0.15, -0.1) is 10.2 Å². The van der Waals surface area contributed by atoms with Gasteiger partial charge in [0.15, 0.2) is 11.8 Å². The van der Waals surface area contributed by atoms with Gasteiger partial charge < -0.3 is 24.7 Å². The summed E-state index contributed by atoms with van der Waals surface area (Å²) in [5.74, 6) is 3.40. The Labute approximate surface area is 160 Å². The molecule has 1 atom stereocenters. The summed E-state index contributed by atoms with van der Waals surface area (Å²) in [4.78, 5) is 4.72. The maximum atomic E-state index is 5.76. The number of para-hydroxylation sites is 1. The largest absolute Gasteiger partial charge is 0.493 e. The number of aryl methyl sites for hydroxylation is 1. The summed E-state index contributed by atoms with van der Waals surface area (Å²) >= 11 is 0. The smallest absolute Gasteiger partial charge is 0.192 e. The highest BCUT2D eigenvalue weighted by molar-refractivity contribution is 5.80. The second-order valence-corrected chi connectivity index (χ2v) is 6.53. The van der Waals surface area contributed by atoms with Crippen LogP contribution < -0.4 is 15.4 Å². The average molecular weight is 372 g/mol. The van der Waals surface area contributed by atoms with Crippen LogP contribution in [0.25, 0.3) is 0 Å². The van der Waals surface area contributed by atoms with E-state index in [9.17, 15) is 0 Å². The van der Waals surface area contributed by atoms with E-state index in [0.717, 1.165) is 48.3 Å². The number of nitrogens with one attached hydrogen (secondary N) is 2. The Kier molecular flexibility index (Phi) is 6.64. The van der Waals surface area contributed by atoms with Crippen LogP contribution in [0.4, 0.5) is 0 Å². The number of methoxy groups -OCH3 is 1. The fourth-order valence-electron chi connectivity index (χ4n) is 2.97. The van der Waals surface area contributed by atoms with Gasteiger partial charge in [0.25, 0.3) is 0 Å². The third-order valence-corrected chi connectivity index (χ3v) is 4.65. The van der Waals surface area contributed by atoms with Gasteiger partial charge in [-0.1, -0.05) is 18.2 Å². The molecule has 2 aromatic rings. The first-order chi connectivity index (χ1) is 13.2. The summed E-state index contributed by atoms with van der Waals surface area (Å²) in [5, 5.41) is 15.2. The Morgan fingerprint density at radius 3 is 3.00 bits per heavy atom. The number of aliphatic imine (C=N–C) groups is 1. The van der Waals surface area contributed by atoms with Crippen LogP contribution in [0, 0.1) is 6.92 Å². The van der Waals surface area contributed by atoms with Crippen molar-refractivity contribution < 1.29 is 9.47 Å². The molecule has 0 amide bonds. The van der Waals surface area contributed by atoms with Crippen LogP contribution in [0.15, 0.2) is 29.3 Å². The van der Waals surface area contributed by atoms with Gasteiger partial charge in [-0.25, -0.2) is 4.99 Å². The number of fused-ring (bicyclic) bond motifs is 1. The van der Waals surface area contributed by atoms with Gasteiger partial charge in [0.05, 0.1) is 12.6 Å².